The minimum absolute atomic E-state index is 0.333. The third-order valence-corrected chi connectivity index (χ3v) is 4.07. The van der Waals surface area contributed by atoms with Crippen LogP contribution in [0, 0.1) is 0 Å². The highest BCUT2D eigenvalue weighted by Gasteiger charge is 2.20. The number of aliphatic hydroxyl groups is 1. The van der Waals surface area contributed by atoms with Crippen LogP contribution in [0.15, 0.2) is 0 Å². The van der Waals surface area contributed by atoms with Crippen molar-refractivity contribution in [1.82, 2.24) is 5.32 Å². The molecule has 0 aromatic carbocycles. The van der Waals surface area contributed by atoms with Gasteiger partial charge in [0.15, 0.2) is 0 Å². The maximum atomic E-state index is 8.65. The fourth-order valence-corrected chi connectivity index (χ4v) is 2.91. The van der Waals surface area contributed by atoms with E-state index in [4.69, 9.17) is 5.11 Å². The molecule has 2 nitrogen and oxygen atoms in total. The Morgan fingerprint density at radius 3 is 2.93 bits per heavy atom. The van der Waals surface area contributed by atoms with Crippen molar-refractivity contribution in [3.63, 3.8) is 0 Å². The fraction of sp³-hybridized carbons (Fsp3) is 1.00. The summed E-state index contributed by atoms with van der Waals surface area (Å²) in [5.74, 6) is 0. The summed E-state index contributed by atoms with van der Waals surface area (Å²) in [6.07, 6.45) is 9.72. The van der Waals surface area contributed by atoms with E-state index in [1.54, 1.807) is 0 Å². The zero-order valence-electron chi connectivity index (χ0n) is 9.17. The molecule has 1 aliphatic rings. The van der Waals surface area contributed by atoms with E-state index < -0.39 is 0 Å². The van der Waals surface area contributed by atoms with Gasteiger partial charge in [0, 0.05) is 17.9 Å². The summed E-state index contributed by atoms with van der Waals surface area (Å²) in [7, 11) is 0. The predicted octanol–water partition coefficient (Wildman–Crippen LogP) is 2.02. The molecular formula is C11H23NOS. The molecule has 2 N–H and O–H groups in total. The third kappa shape index (κ3) is 4.67. The Kier molecular flexibility index (Phi) is 6.65. The lowest BCUT2D eigenvalue weighted by atomic mass is 9.95. The van der Waals surface area contributed by atoms with Gasteiger partial charge < -0.3 is 10.4 Å². The molecule has 1 aliphatic carbocycles. The quantitative estimate of drug-likeness (QED) is 0.668. The second-order valence-electron chi connectivity index (χ2n) is 4.11. The monoisotopic (exact) mass is 217 g/mol. The molecule has 0 aromatic heterocycles. The van der Waals surface area contributed by atoms with Gasteiger partial charge in [-0.3, -0.25) is 0 Å². The van der Waals surface area contributed by atoms with Crippen molar-refractivity contribution in [2.24, 2.45) is 0 Å². The molecule has 1 saturated carbocycles. The average molecular weight is 217 g/mol. The van der Waals surface area contributed by atoms with Crippen molar-refractivity contribution in [3.05, 3.63) is 0 Å². The highest BCUT2D eigenvalue weighted by Crippen LogP contribution is 2.26. The number of hydrogen-bond donors (Lipinski definition) is 2. The van der Waals surface area contributed by atoms with Crippen LogP contribution >= 0.6 is 11.8 Å². The summed E-state index contributed by atoms with van der Waals surface area (Å²) in [6, 6.07) is 0.736. The highest BCUT2D eigenvalue weighted by atomic mass is 32.2. The Morgan fingerprint density at radius 1 is 1.36 bits per heavy atom. The Balaban J connectivity index is 2.05. The maximum absolute atomic E-state index is 8.65. The van der Waals surface area contributed by atoms with E-state index in [1.807, 2.05) is 11.8 Å². The first-order chi connectivity index (χ1) is 6.86. The summed E-state index contributed by atoms with van der Waals surface area (Å²) in [6.45, 7) is 1.41. The molecule has 0 bridgehead atoms. The minimum Gasteiger partial charge on any atom is -0.396 e. The van der Waals surface area contributed by atoms with Crippen molar-refractivity contribution in [3.8, 4) is 0 Å². The zero-order chi connectivity index (χ0) is 10.2. The zero-order valence-corrected chi connectivity index (χ0v) is 9.98. The van der Waals surface area contributed by atoms with Crippen molar-refractivity contribution in [2.45, 2.75) is 49.8 Å². The number of hydrogen-bond acceptors (Lipinski definition) is 3. The van der Waals surface area contributed by atoms with Gasteiger partial charge in [0.1, 0.15) is 0 Å². The Bertz CT molecular complexity index is 143. The van der Waals surface area contributed by atoms with E-state index in [9.17, 15) is 0 Å². The molecule has 0 radical (unpaired) electrons. The number of nitrogens with one attached hydrogen (secondary N) is 1. The second-order valence-corrected chi connectivity index (χ2v) is 5.24. The van der Waals surface area contributed by atoms with Crippen molar-refractivity contribution in [2.75, 3.05) is 19.4 Å². The Hall–Kier alpha value is 0.270. The largest absolute Gasteiger partial charge is 0.396 e. The van der Waals surface area contributed by atoms with E-state index in [0.29, 0.717) is 6.61 Å². The van der Waals surface area contributed by atoms with Crippen molar-refractivity contribution >= 4 is 11.8 Å². The molecule has 2 unspecified atom stereocenters. The summed E-state index contributed by atoms with van der Waals surface area (Å²) in [4.78, 5) is 0. The predicted molar refractivity (Wildman–Crippen MR) is 63.9 cm³/mol. The van der Waals surface area contributed by atoms with Crippen molar-refractivity contribution < 1.29 is 5.11 Å². The van der Waals surface area contributed by atoms with Gasteiger partial charge in [0.2, 0.25) is 0 Å². The van der Waals surface area contributed by atoms with Crippen LogP contribution in [0.3, 0.4) is 0 Å². The summed E-state index contributed by atoms with van der Waals surface area (Å²) < 4.78 is 0. The van der Waals surface area contributed by atoms with E-state index in [1.165, 1.54) is 25.7 Å². The topological polar surface area (TPSA) is 32.3 Å². The van der Waals surface area contributed by atoms with Crippen LogP contribution in [0.25, 0.3) is 0 Å². The Morgan fingerprint density at radius 2 is 2.21 bits per heavy atom. The average Bonchev–Trinajstić information content (AvgIpc) is 2.25. The lowest BCUT2D eigenvalue weighted by Gasteiger charge is -2.28. The van der Waals surface area contributed by atoms with Gasteiger partial charge in [0.05, 0.1) is 0 Å². The van der Waals surface area contributed by atoms with E-state index in [2.05, 4.69) is 11.6 Å². The first kappa shape index (κ1) is 12.3. The van der Waals surface area contributed by atoms with E-state index >= 15 is 0 Å². The smallest absolute Gasteiger partial charge is 0.0431 e. The summed E-state index contributed by atoms with van der Waals surface area (Å²) in [5, 5.41) is 13.1. The first-order valence-electron chi connectivity index (χ1n) is 5.74. The van der Waals surface area contributed by atoms with Gasteiger partial charge >= 0.3 is 0 Å². The van der Waals surface area contributed by atoms with Crippen LogP contribution in [-0.4, -0.2) is 35.8 Å². The van der Waals surface area contributed by atoms with Crippen LogP contribution < -0.4 is 5.32 Å². The van der Waals surface area contributed by atoms with Gasteiger partial charge in [-0.1, -0.05) is 6.42 Å². The second kappa shape index (κ2) is 7.55. The Labute approximate surface area is 91.9 Å². The van der Waals surface area contributed by atoms with Gasteiger partial charge in [-0.15, -0.1) is 0 Å². The highest BCUT2D eigenvalue weighted by molar-refractivity contribution is 7.99. The molecule has 2 atom stereocenters. The molecule has 0 aliphatic heterocycles. The number of thioether (sulfide) groups is 1. The molecule has 1 rings (SSSR count). The van der Waals surface area contributed by atoms with Crippen molar-refractivity contribution in [1.29, 1.82) is 0 Å². The molecule has 3 heteroatoms. The molecule has 0 spiro atoms. The molecular weight excluding hydrogens is 194 g/mol. The fourth-order valence-electron chi connectivity index (χ4n) is 2.09. The lowest BCUT2D eigenvalue weighted by Crippen LogP contribution is -2.35. The van der Waals surface area contributed by atoms with Gasteiger partial charge in [-0.2, -0.15) is 11.8 Å². The standard InChI is InChI=1S/C11H23NOS/c1-14-11-6-4-5-10(9-11)12-7-2-3-8-13/h10-13H,2-9H2,1H3. The van der Waals surface area contributed by atoms with Crippen LogP contribution in [0.4, 0.5) is 0 Å². The van der Waals surface area contributed by atoms with E-state index in [0.717, 1.165) is 30.7 Å². The SMILES string of the molecule is CSC1CCCC(NCCCCO)C1. The van der Waals surface area contributed by atoms with E-state index in [-0.39, 0.29) is 0 Å². The van der Waals surface area contributed by atoms with Gasteiger partial charge in [0.25, 0.3) is 0 Å². The van der Waals surface area contributed by atoms with Gasteiger partial charge in [-0.25, -0.2) is 0 Å². The lowest BCUT2D eigenvalue weighted by molar-refractivity contribution is 0.280. The van der Waals surface area contributed by atoms with Crippen LogP contribution in [0.2, 0.25) is 0 Å². The third-order valence-electron chi connectivity index (χ3n) is 2.98. The summed E-state index contributed by atoms with van der Waals surface area (Å²) >= 11 is 2.01. The number of aliphatic hydroxyl groups excluding tert-OH is 1. The number of rotatable bonds is 6. The normalized spacial score (nSPS) is 27.9. The summed E-state index contributed by atoms with van der Waals surface area (Å²) in [5.41, 5.74) is 0. The van der Waals surface area contributed by atoms with Crippen LogP contribution in [0.5, 0.6) is 0 Å². The molecule has 0 aromatic rings. The maximum Gasteiger partial charge on any atom is 0.0431 e. The first-order valence-corrected chi connectivity index (χ1v) is 7.02. The van der Waals surface area contributed by atoms with Crippen LogP contribution in [-0.2, 0) is 0 Å². The molecule has 0 amide bonds. The molecule has 0 heterocycles. The van der Waals surface area contributed by atoms with Crippen LogP contribution in [0.1, 0.15) is 38.5 Å². The molecule has 0 saturated heterocycles. The molecule has 1 fully saturated rings. The van der Waals surface area contributed by atoms with Gasteiger partial charge in [-0.05, 0) is 44.9 Å². The molecule has 84 valence electrons. The molecule has 14 heavy (non-hydrogen) atoms. The number of unbranched alkanes of at least 4 members (excludes halogenated alkanes) is 1. The minimum atomic E-state index is 0.333.